The molecule has 2 heteroatoms. The highest BCUT2D eigenvalue weighted by Crippen LogP contribution is 1.99. The molecule has 0 spiro atoms. The molecule has 0 aliphatic heterocycles. The molecular weight excluding hydrogens is 138 g/mol. The van der Waals surface area contributed by atoms with E-state index < -0.39 is 0 Å². The van der Waals surface area contributed by atoms with Crippen LogP contribution in [0.2, 0.25) is 0 Å². The minimum Gasteiger partial charge on any atom is -0.274 e. The van der Waals surface area contributed by atoms with Gasteiger partial charge in [-0.3, -0.25) is 4.84 Å². The van der Waals surface area contributed by atoms with Gasteiger partial charge in [0.1, 0.15) is 7.11 Å². The van der Waals surface area contributed by atoms with Gasteiger partial charge >= 0.3 is 0 Å². The maximum Gasteiger partial charge on any atom is 0.231 e. The zero-order valence-corrected chi connectivity index (χ0v) is 7.51. The molecular formula is C9H14NO+. The largest absolute Gasteiger partial charge is 0.274 e. The fourth-order valence-electron chi connectivity index (χ4n) is 1.38. The number of hydrogen-bond acceptors (Lipinski definition) is 1. The van der Waals surface area contributed by atoms with Crippen LogP contribution in [0.5, 0.6) is 0 Å². The molecule has 0 amide bonds. The van der Waals surface area contributed by atoms with E-state index in [-0.39, 0.29) is 0 Å². The zero-order valence-electron chi connectivity index (χ0n) is 7.51. The van der Waals surface area contributed by atoms with Gasteiger partial charge in [0, 0.05) is 30.7 Å². The number of pyridine rings is 1. The third kappa shape index (κ3) is 1.50. The Bertz CT molecular complexity index is 245. The van der Waals surface area contributed by atoms with Crippen molar-refractivity contribution in [1.29, 1.82) is 0 Å². The Morgan fingerprint density at radius 2 is 1.55 bits per heavy atom. The predicted octanol–water partition coefficient (Wildman–Crippen LogP) is 0.958. The van der Waals surface area contributed by atoms with E-state index in [2.05, 4.69) is 19.1 Å². The average Bonchev–Trinajstić information content (AvgIpc) is 1.85. The second-order valence-electron chi connectivity index (χ2n) is 2.79. The topological polar surface area (TPSA) is 13.1 Å². The van der Waals surface area contributed by atoms with E-state index in [1.54, 1.807) is 7.11 Å². The van der Waals surface area contributed by atoms with Crippen LogP contribution in [0.3, 0.4) is 0 Å². The first kappa shape index (κ1) is 8.05. The van der Waals surface area contributed by atoms with Gasteiger partial charge in [-0.15, -0.1) is 0 Å². The molecule has 0 saturated heterocycles. The normalized spacial score (nSPS) is 9.82. The summed E-state index contributed by atoms with van der Waals surface area (Å²) in [7, 11) is 1.68. The summed E-state index contributed by atoms with van der Waals surface area (Å²) in [5, 5.41) is 0. The molecule has 1 aromatic rings. The Morgan fingerprint density at radius 1 is 1.09 bits per heavy atom. The highest BCUT2D eigenvalue weighted by Gasteiger charge is 2.10. The lowest BCUT2D eigenvalue weighted by Gasteiger charge is -1.99. The molecule has 0 radical (unpaired) electrons. The summed E-state index contributed by atoms with van der Waals surface area (Å²) in [5.74, 6) is 0. The average molecular weight is 152 g/mol. The van der Waals surface area contributed by atoms with Crippen LogP contribution in [0, 0.1) is 20.8 Å². The van der Waals surface area contributed by atoms with Crippen molar-refractivity contribution in [3.8, 4) is 0 Å². The van der Waals surface area contributed by atoms with Crippen molar-refractivity contribution in [3.63, 3.8) is 0 Å². The Kier molecular flexibility index (Phi) is 2.13. The molecule has 0 atom stereocenters. The van der Waals surface area contributed by atoms with Crippen LogP contribution in [-0.2, 0) is 0 Å². The van der Waals surface area contributed by atoms with Crippen molar-refractivity contribution < 1.29 is 9.57 Å². The van der Waals surface area contributed by atoms with Crippen LogP contribution in [-0.4, -0.2) is 7.11 Å². The van der Waals surface area contributed by atoms with Crippen molar-refractivity contribution in [1.82, 2.24) is 0 Å². The Labute approximate surface area is 67.4 Å². The summed E-state index contributed by atoms with van der Waals surface area (Å²) in [6, 6.07) is 4.19. The first-order chi connectivity index (χ1) is 5.15. The monoisotopic (exact) mass is 152 g/mol. The molecule has 11 heavy (non-hydrogen) atoms. The third-order valence-electron chi connectivity index (χ3n) is 1.70. The van der Waals surface area contributed by atoms with Crippen molar-refractivity contribution in [2.75, 3.05) is 7.11 Å². The number of hydrogen-bond donors (Lipinski definition) is 0. The minimum atomic E-state index is 1.13. The van der Waals surface area contributed by atoms with Crippen molar-refractivity contribution >= 4 is 0 Å². The molecule has 0 saturated carbocycles. The molecule has 0 fully saturated rings. The summed E-state index contributed by atoms with van der Waals surface area (Å²) in [4.78, 5) is 5.15. The summed E-state index contributed by atoms with van der Waals surface area (Å²) in [6.07, 6.45) is 0. The standard InChI is InChI=1S/C9H14NO/c1-7-5-8(2)10(11-4)9(3)6-7/h5-6H,1-4H3/q+1. The van der Waals surface area contributed by atoms with E-state index in [1.807, 2.05) is 18.6 Å². The van der Waals surface area contributed by atoms with Gasteiger partial charge in [0.05, 0.1) is 0 Å². The molecule has 0 aliphatic carbocycles. The summed E-state index contributed by atoms with van der Waals surface area (Å²) in [6.45, 7) is 6.15. The Morgan fingerprint density at radius 3 is 1.91 bits per heavy atom. The highest BCUT2D eigenvalue weighted by atomic mass is 16.6. The highest BCUT2D eigenvalue weighted by molar-refractivity contribution is 5.13. The van der Waals surface area contributed by atoms with E-state index >= 15 is 0 Å². The second-order valence-corrected chi connectivity index (χ2v) is 2.79. The van der Waals surface area contributed by atoms with E-state index in [9.17, 15) is 0 Å². The van der Waals surface area contributed by atoms with Crippen LogP contribution in [0.25, 0.3) is 0 Å². The number of rotatable bonds is 1. The second kappa shape index (κ2) is 2.91. The predicted molar refractivity (Wildman–Crippen MR) is 43.4 cm³/mol. The molecule has 1 rings (SSSR count). The molecule has 0 aliphatic rings. The summed E-state index contributed by atoms with van der Waals surface area (Å²) < 4.78 is 1.81. The van der Waals surface area contributed by atoms with Crippen LogP contribution >= 0.6 is 0 Å². The summed E-state index contributed by atoms with van der Waals surface area (Å²) in [5.41, 5.74) is 3.53. The van der Waals surface area contributed by atoms with Gasteiger partial charge in [-0.25, -0.2) is 0 Å². The maximum absolute atomic E-state index is 5.15. The van der Waals surface area contributed by atoms with Crippen LogP contribution in [0.4, 0.5) is 0 Å². The molecule has 1 aromatic heterocycles. The van der Waals surface area contributed by atoms with E-state index in [1.165, 1.54) is 5.56 Å². The van der Waals surface area contributed by atoms with Gasteiger partial charge in [-0.05, 0) is 12.5 Å². The first-order valence-corrected chi connectivity index (χ1v) is 3.69. The van der Waals surface area contributed by atoms with E-state index in [0.29, 0.717) is 0 Å². The molecule has 1 heterocycles. The number of aromatic nitrogens is 1. The number of aryl methyl sites for hydroxylation is 3. The van der Waals surface area contributed by atoms with Gasteiger partial charge in [0.2, 0.25) is 11.4 Å². The summed E-state index contributed by atoms with van der Waals surface area (Å²) >= 11 is 0. The molecule has 0 bridgehead atoms. The van der Waals surface area contributed by atoms with Gasteiger partial charge < -0.3 is 0 Å². The molecule has 2 nitrogen and oxygen atoms in total. The lowest BCUT2D eigenvalue weighted by molar-refractivity contribution is -0.893. The lowest BCUT2D eigenvalue weighted by atomic mass is 10.2. The smallest absolute Gasteiger partial charge is 0.231 e. The van der Waals surface area contributed by atoms with Crippen molar-refractivity contribution in [2.45, 2.75) is 20.8 Å². The molecule has 0 aromatic carbocycles. The van der Waals surface area contributed by atoms with E-state index in [0.717, 1.165) is 11.4 Å². The van der Waals surface area contributed by atoms with Crippen molar-refractivity contribution in [3.05, 3.63) is 29.1 Å². The lowest BCUT2D eigenvalue weighted by Crippen LogP contribution is -2.46. The fraction of sp³-hybridized carbons (Fsp3) is 0.444. The van der Waals surface area contributed by atoms with Gasteiger partial charge in [-0.2, -0.15) is 0 Å². The van der Waals surface area contributed by atoms with Gasteiger partial charge in [0.25, 0.3) is 0 Å². The van der Waals surface area contributed by atoms with Crippen LogP contribution in [0.1, 0.15) is 17.0 Å². The Balaban J connectivity index is 3.25. The first-order valence-electron chi connectivity index (χ1n) is 3.69. The van der Waals surface area contributed by atoms with E-state index in [4.69, 9.17) is 4.84 Å². The number of nitrogens with zero attached hydrogens (tertiary/aromatic N) is 1. The molecule has 0 N–H and O–H groups in total. The van der Waals surface area contributed by atoms with Gasteiger partial charge in [0.15, 0.2) is 0 Å². The van der Waals surface area contributed by atoms with Crippen LogP contribution < -0.4 is 9.57 Å². The zero-order chi connectivity index (χ0) is 8.43. The van der Waals surface area contributed by atoms with Gasteiger partial charge in [-0.1, -0.05) is 0 Å². The SMILES string of the molecule is CO[n+]1c(C)cc(C)cc1C. The fourth-order valence-corrected chi connectivity index (χ4v) is 1.38. The third-order valence-corrected chi connectivity index (χ3v) is 1.70. The van der Waals surface area contributed by atoms with Crippen molar-refractivity contribution in [2.24, 2.45) is 0 Å². The van der Waals surface area contributed by atoms with Crippen LogP contribution in [0.15, 0.2) is 12.1 Å². The molecule has 60 valence electrons. The Hall–Kier alpha value is -1.05. The molecule has 0 unspecified atom stereocenters. The maximum atomic E-state index is 5.15. The minimum absolute atomic E-state index is 1.13. The quantitative estimate of drug-likeness (QED) is 0.546.